The van der Waals surface area contributed by atoms with E-state index in [9.17, 15) is 9.59 Å². The lowest BCUT2D eigenvalue weighted by Gasteiger charge is -2.33. The van der Waals surface area contributed by atoms with Crippen molar-refractivity contribution in [2.45, 2.75) is 52.4 Å². The SMILES string of the molecule is Cc1ccc(C(=O)N2CCCC2)c(C2CCN(C(=O)C(C)C)CC2)n1. The molecule has 2 saturated heterocycles. The maximum absolute atomic E-state index is 12.9. The molecule has 1 aromatic heterocycles. The summed E-state index contributed by atoms with van der Waals surface area (Å²) in [6.07, 6.45) is 3.95. The van der Waals surface area contributed by atoms with Gasteiger partial charge >= 0.3 is 0 Å². The number of amides is 2. The number of carbonyl (C=O) groups is 2. The van der Waals surface area contributed by atoms with E-state index in [1.165, 1.54) is 0 Å². The van der Waals surface area contributed by atoms with Gasteiger partial charge in [0.05, 0.1) is 11.3 Å². The molecular weight excluding hydrogens is 314 g/mol. The number of carbonyl (C=O) groups excluding carboxylic acids is 2. The smallest absolute Gasteiger partial charge is 0.255 e. The summed E-state index contributed by atoms with van der Waals surface area (Å²) in [5, 5.41) is 0. The van der Waals surface area contributed by atoms with Crippen molar-refractivity contribution >= 4 is 11.8 Å². The van der Waals surface area contributed by atoms with Crippen LogP contribution >= 0.6 is 0 Å². The molecule has 3 rings (SSSR count). The van der Waals surface area contributed by atoms with Gasteiger partial charge in [-0.05, 0) is 44.7 Å². The van der Waals surface area contributed by atoms with Gasteiger partial charge in [-0.1, -0.05) is 13.8 Å². The number of hydrogen-bond donors (Lipinski definition) is 0. The Kier molecular flexibility index (Phi) is 5.40. The summed E-state index contributed by atoms with van der Waals surface area (Å²) in [5.74, 6) is 0.656. The summed E-state index contributed by atoms with van der Waals surface area (Å²) in [6, 6.07) is 3.88. The number of rotatable bonds is 3. The van der Waals surface area contributed by atoms with Gasteiger partial charge in [0.15, 0.2) is 0 Å². The van der Waals surface area contributed by atoms with Crippen LogP contribution in [0.2, 0.25) is 0 Å². The maximum atomic E-state index is 12.9. The Morgan fingerprint density at radius 3 is 2.28 bits per heavy atom. The van der Waals surface area contributed by atoms with Gasteiger partial charge < -0.3 is 9.80 Å². The molecule has 25 heavy (non-hydrogen) atoms. The van der Waals surface area contributed by atoms with E-state index in [1.807, 2.05) is 42.7 Å². The lowest BCUT2D eigenvalue weighted by Crippen LogP contribution is -2.40. The number of likely N-dealkylation sites (tertiary alicyclic amines) is 2. The lowest BCUT2D eigenvalue weighted by atomic mass is 9.89. The van der Waals surface area contributed by atoms with Crippen LogP contribution in [0.5, 0.6) is 0 Å². The van der Waals surface area contributed by atoms with Crippen molar-refractivity contribution in [2.24, 2.45) is 5.92 Å². The first-order valence-corrected chi connectivity index (χ1v) is 9.53. The second-order valence-electron chi connectivity index (χ2n) is 7.64. The van der Waals surface area contributed by atoms with Crippen molar-refractivity contribution in [3.8, 4) is 0 Å². The highest BCUT2D eigenvalue weighted by Crippen LogP contribution is 2.31. The van der Waals surface area contributed by atoms with Crippen molar-refractivity contribution < 1.29 is 9.59 Å². The predicted octanol–water partition coefficient (Wildman–Crippen LogP) is 2.99. The second-order valence-corrected chi connectivity index (χ2v) is 7.64. The highest BCUT2D eigenvalue weighted by atomic mass is 16.2. The summed E-state index contributed by atoms with van der Waals surface area (Å²) in [6.45, 7) is 9.10. The zero-order valence-electron chi connectivity index (χ0n) is 15.6. The van der Waals surface area contributed by atoms with Gasteiger partial charge in [-0.15, -0.1) is 0 Å². The normalized spacial score (nSPS) is 18.9. The van der Waals surface area contributed by atoms with Crippen LogP contribution in [0.25, 0.3) is 0 Å². The van der Waals surface area contributed by atoms with E-state index >= 15 is 0 Å². The Morgan fingerprint density at radius 1 is 1.04 bits per heavy atom. The highest BCUT2D eigenvalue weighted by molar-refractivity contribution is 5.95. The third-order valence-electron chi connectivity index (χ3n) is 5.37. The minimum atomic E-state index is 0.0425. The van der Waals surface area contributed by atoms with E-state index in [-0.39, 0.29) is 23.7 Å². The minimum absolute atomic E-state index is 0.0425. The predicted molar refractivity (Wildman–Crippen MR) is 97.5 cm³/mol. The lowest BCUT2D eigenvalue weighted by molar-refractivity contribution is -0.135. The molecular formula is C20H29N3O2. The molecule has 0 spiro atoms. The Balaban J connectivity index is 1.77. The molecule has 0 bridgehead atoms. The Bertz CT molecular complexity index is 642. The van der Waals surface area contributed by atoms with Crippen LogP contribution in [-0.4, -0.2) is 52.8 Å². The molecule has 3 heterocycles. The minimum Gasteiger partial charge on any atom is -0.342 e. The number of piperidine rings is 1. The van der Waals surface area contributed by atoms with Crippen LogP contribution in [0.4, 0.5) is 0 Å². The third kappa shape index (κ3) is 3.86. The fraction of sp³-hybridized carbons (Fsp3) is 0.650. The van der Waals surface area contributed by atoms with Gasteiger partial charge in [0.25, 0.3) is 5.91 Å². The third-order valence-corrected chi connectivity index (χ3v) is 5.37. The molecule has 5 nitrogen and oxygen atoms in total. The van der Waals surface area contributed by atoms with E-state index in [1.54, 1.807) is 0 Å². The summed E-state index contributed by atoms with van der Waals surface area (Å²) in [4.78, 5) is 33.8. The summed E-state index contributed by atoms with van der Waals surface area (Å²) >= 11 is 0. The monoisotopic (exact) mass is 343 g/mol. The Hall–Kier alpha value is -1.91. The molecule has 0 atom stereocenters. The van der Waals surface area contributed by atoms with Crippen molar-refractivity contribution in [3.05, 3.63) is 29.1 Å². The first-order chi connectivity index (χ1) is 12.0. The fourth-order valence-corrected chi connectivity index (χ4v) is 3.90. The Morgan fingerprint density at radius 2 is 1.68 bits per heavy atom. The first-order valence-electron chi connectivity index (χ1n) is 9.53. The number of hydrogen-bond acceptors (Lipinski definition) is 3. The molecule has 0 aromatic carbocycles. The molecule has 0 aliphatic carbocycles. The van der Waals surface area contributed by atoms with E-state index in [0.717, 1.165) is 68.8 Å². The molecule has 0 saturated carbocycles. The van der Waals surface area contributed by atoms with Crippen LogP contribution in [0.3, 0.4) is 0 Å². The van der Waals surface area contributed by atoms with E-state index in [4.69, 9.17) is 4.98 Å². The van der Waals surface area contributed by atoms with Gasteiger partial charge in [-0.3, -0.25) is 14.6 Å². The first kappa shape index (κ1) is 17.9. The average molecular weight is 343 g/mol. The summed E-state index contributed by atoms with van der Waals surface area (Å²) in [7, 11) is 0. The van der Waals surface area contributed by atoms with Crippen LogP contribution in [0.1, 0.15) is 67.2 Å². The molecule has 0 unspecified atom stereocenters. The molecule has 1 aromatic rings. The zero-order chi connectivity index (χ0) is 18.0. The van der Waals surface area contributed by atoms with Gasteiger partial charge in [-0.2, -0.15) is 0 Å². The van der Waals surface area contributed by atoms with Crippen molar-refractivity contribution in [2.75, 3.05) is 26.2 Å². The van der Waals surface area contributed by atoms with Crippen LogP contribution in [0.15, 0.2) is 12.1 Å². The van der Waals surface area contributed by atoms with E-state index in [2.05, 4.69) is 0 Å². The standard InChI is InChI=1S/C20H29N3O2/c1-14(2)19(24)23-12-8-16(9-13-23)18-17(7-6-15(3)21-18)20(25)22-10-4-5-11-22/h6-7,14,16H,4-5,8-13H2,1-3H3. The fourth-order valence-electron chi connectivity index (χ4n) is 3.90. The number of aryl methyl sites for hydroxylation is 1. The van der Waals surface area contributed by atoms with Gasteiger partial charge in [0.2, 0.25) is 5.91 Å². The molecule has 5 heteroatoms. The maximum Gasteiger partial charge on any atom is 0.255 e. The molecule has 0 radical (unpaired) electrons. The zero-order valence-corrected chi connectivity index (χ0v) is 15.6. The Labute approximate surface area is 150 Å². The van der Waals surface area contributed by atoms with Crippen molar-refractivity contribution in [1.29, 1.82) is 0 Å². The van der Waals surface area contributed by atoms with Crippen LogP contribution in [-0.2, 0) is 4.79 Å². The number of aromatic nitrogens is 1. The molecule has 2 aliphatic heterocycles. The van der Waals surface area contributed by atoms with Crippen molar-refractivity contribution in [3.63, 3.8) is 0 Å². The van der Waals surface area contributed by atoms with Gasteiger partial charge in [0, 0.05) is 43.7 Å². The number of nitrogens with zero attached hydrogens (tertiary/aromatic N) is 3. The second kappa shape index (κ2) is 7.54. The molecule has 0 N–H and O–H groups in total. The number of pyridine rings is 1. The van der Waals surface area contributed by atoms with Crippen LogP contribution < -0.4 is 0 Å². The largest absolute Gasteiger partial charge is 0.342 e. The molecule has 2 amide bonds. The van der Waals surface area contributed by atoms with Crippen LogP contribution in [0, 0.1) is 12.8 Å². The topological polar surface area (TPSA) is 53.5 Å². The van der Waals surface area contributed by atoms with Gasteiger partial charge in [0.1, 0.15) is 0 Å². The average Bonchev–Trinajstić information content (AvgIpc) is 3.15. The van der Waals surface area contributed by atoms with Gasteiger partial charge in [-0.25, -0.2) is 0 Å². The van der Waals surface area contributed by atoms with E-state index in [0.29, 0.717) is 0 Å². The highest BCUT2D eigenvalue weighted by Gasteiger charge is 2.30. The molecule has 2 aliphatic rings. The van der Waals surface area contributed by atoms with E-state index < -0.39 is 0 Å². The summed E-state index contributed by atoms with van der Waals surface area (Å²) in [5.41, 5.74) is 2.66. The quantitative estimate of drug-likeness (QED) is 0.848. The molecule has 2 fully saturated rings. The van der Waals surface area contributed by atoms with Crippen molar-refractivity contribution in [1.82, 2.24) is 14.8 Å². The summed E-state index contributed by atoms with van der Waals surface area (Å²) < 4.78 is 0. The molecule has 136 valence electrons.